The van der Waals surface area contributed by atoms with Gasteiger partial charge in [-0.1, -0.05) is 12.1 Å². The number of aromatic amines is 1. The van der Waals surface area contributed by atoms with Gasteiger partial charge in [0.15, 0.2) is 11.6 Å². The number of H-pyrrole nitrogens is 1. The summed E-state index contributed by atoms with van der Waals surface area (Å²) in [6, 6.07) is 6.22. The van der Waals surface area contributed by atoms with E-state index in [1.54, 1.807) is 18.2 Å². The normalized spacial score (nSPS) is 17.5. The first-order valence-electron chi connectivity index (χ1n) is 7.80. The van der Waals surface area contributed by atoms with Crippen molar-refractivity contribution in [2.45, 2.75) is 25.7 Å². The average molecular weight is 317 g/mol. The molecule has 2 aromatic rings. The molecule has 0 spiro atoms. The molecule has 0 aliphatic carbocycles. The Kier molecular flexibility index (Phi) is 4.60. The van der Waals surface area contributed by atoms with Gasteiger partial charge < -0.3 is 9.64 Å². The summed E-state index contributed by atoms with van der Waals surface area (Å²) in [7, 11) is 0. The molecule has 1 aliphatic rings. The van der Waals surface area contributed by atoms with Gasteiger partial charge in [-0.3, -0.25) is 9.89 Å². The first-order chi connectivity index (χ1) is 11.1. The number of para-hydroxylation sites is 1. The molecule has 0 saturated carbocycles. The van der Waals surface area contributed by atoms with Gasteiger partial charge in [-0.25, -0.2) is 4.39 Å². The second-order valence-corrected chi connectivity index (χ2v) is 5.82. The Morgan fingerprint density at radius 1 is 1.48 bits per heavy atom. The van der Waals surface area contributed by atoms with Crippen LogP contribution in [0.15, 0.2) is 30.5 Å². The topological polar surface area (TPSA) is 58.2 Å². The maximum Gasteiger partial charge on any atom is 0.226 e. The lowest BCUT2D eigenvalue weighted by molar-refractivity contribution is -0.130. The number of likely N-dealkylation sites (tertiary alicyclic amines) is 1. The summed E-state index contributed by atoms with van der Waals surface area (Å²) in [5.74, 6) is 0.138. The third kappa shape index (κ3) is 3.52. The first-order valence-corrected chi connectivity index (χ1v) is 7.80. The minimum atomic E-state index is -0.407. The maximum absolute atomic E-state index is 13.4. The summed E-state index contributed by atoms with van der Waals surface area (Å²) in [5.41, 5.74) is 2.25. The van der Waals surface area contributed by atoms with Crippen LogP contribution in [0.5, 0.6) is 5.75 Å². The summed E-state index contributed by atoms with van der Waals surface area (Å²) in [6.07, 6.45) is 2.99. The van der Waals surface area contributed by atoms with Crippen molar-refractivity contribution in [2.75, 3.05) is 19.7 Å². The first kappa shape index (κ1) is 15.5. The zero-order chi connectivity index (χ0) is 16.2. The number of ether oxygens (including phenoxy) is 1. The van der Waals surface area contributed by atoms with Crippen molar-refractivity contribution in [1.29, 1.82) is 0 Å². The lowest BCUT2D eigenvalue weighted by Crippen LogP contribution is -2.29. The second kappa shape index (κ2) is 6.81. The van der Waals surface area contributed by atoms with Gasteiger partial charge in [0.25, 0.3) is 0 Å². The molecule has 1 aliphatic heterocycles. The fourth-order valence-electron chi connectivity index (χ4n) is 2.96. The van der Waals surface area contributed by atoms with Crippen LogP contribution >= 0.6 is 0 Å². The van der Waals surface area contributed by atoms with Crippen LogP contribution in [-0.2, 0) is 4.79 Å². The number of benzene rings is 1. The molecule has 23 heavy (non-hydrogen) atoms. The third-order valence-corrected chi connectivity index (χ3v) is 4.23. The molecule has 1 N–H and O–H groups in total. The van der Waals surface area contributed by atoms with Crippen molar-refractivity contribution < 1.29 is 13.9 Å². The molecule has 3 rings (SSSR count). The molecule has 1 aromatic carbocycles. The molecule has 6 heteroatoms. The van der Waals surface area contributed by atoms with Crippen molar-refractivity contribution in [2.24, 2.45) is 0 Å². The molecular formula is C17H20FN3O2. The molecule has 1 atom stereocenters. The van der Waals surface area contributed by atoms with E-state index in [2.05, 4.69) is 10.2 Å². The molecule has 0 radical (unpaired) electrons. The van der Waals surface area contributed by atoms with Gasteiger partial charge in [-0.15, -0.1) is 0 Å². The van der Waals surface area contributed by atoms with Crippen LogP contribution in [0, 0.1) is 12.7 Å². The van der Waals surface area contributed by atoms with Crippen molar-refractivity contribution in [3.05, 3.63) is 47.5 Å². The molecule has 122 valence electrons. The van der Waals surface area contributed by atoms with E-state index in [1.165, 1.54) is 6.07 Å². The monoisotopic (exact) mass is 317 g/mol. The van der Waals surface area contributed by atoms with E-state index in [0.29, 0.717) is 12.5 Å². The van der Waals surface area contributed by atoms with Gasteiger partial charge >= 0.3 is 0 Å². The molecule has 1 aromatic heterocycles. The Balaban J connectivity index is 1.48. The number of amides is 1. The van der Waals surface area contributed by atoms with Crippen molar-refractivity contribution in [1.82, 2.24) is 15.1 Å². The fraction of sp³-hybridized carbons (Fsp3) is 0.412. The molecular weight excluding hydrogens is 297 g/mol. The average Bonchev–Trinajstić information content (AvgIpc) is 3.17. The summed E-state index contributed by atoms with van der Waals surface area (Å²) < 4.78 is 18.8. The molecule has 2 heterocycles. The van der Waals surface area contributed by atoms with E-state index in [9.17, 15) is 9.18 Å². The minimum absolute atomic E-state index is 0.0426. The lowest BCUT2D eigenvalue weighted by Gasteiger charge is -2.16. The van der Waals surface area contributed by atoms with Crippen LogP contribution in [0.3, 0.4) is 0 Å². The van der Waals surface area contributed by atoms with Gasteiger partial charge in [0.05, 0.1) is 19.2 Å². The Bertz CT molecular complexity index is 686. The van der Waals surface area contributed by atoms with Gasteiger partial charge in [0.2, 0.25) is 5.91 Å². The number of aryl methyl sites for hydroxylation is 1. The number of carbonyl (C=O) groups is 1. The van der Waals surface area contributed by atoms with Crippen LogP contribution in [0.1, 0.15) is 30.0 Å². The number of rotatable bonds is 5. The Hall–Kier alpha value is -2.37. The van der Waals surface area contributed by atoms with Crippen LogP contribution in [0.2, 0.25) is 0 Å². The van der Waals surface area contributed by atoms with Gasteiger partial charge in [0.1, 0.15) is 0 Å². The number of nitrogens with one attached hydrogen (secondary N) is 1. The summed E-state index contributed by atoms with van der Waals surface area (Å²) >= 11 is 0. The lowest BCUT2D eigenvalue weighted by atomic mass is 10.0. The molecule has 1 saturated heterocycles. The SMILES string of the molecule is Cc1cn[nH]c1[C@H]1CCN(C(=O)CCOc2ccccc2F)C1. The zero-order valence-electron chi connectivity index (χ0n) is 13.1. The quantitative estimate of drug-likeness (QED) is 0.922. The smallest absolute Gasteiger partial charge is 0.226 e. The van der Waals surface area contributed by atoms with Crippen LogP contribution < -0.4 is 4.74 Å². The van der Waals surface area contributed by atoms with E-state index in [4.69, 9.17) is 4.74 Å². The number of aromatic nitrogens is 2. The highest BCUT2D eigenvalue weighted by Gasteiger charge is 2.28. The van der Waals surface area contributed by atoms with E-state index >= 15 is 0 Å². The minimum Gasteiger partial charge on any atom is -0.490 e. The van der Waals surface area contributed by atoms with Crippen molar-refractivity contribution in [3.8, 4) is 5.75 Å². The Labute approximate surface area is 134 Å². The number of hydrogen-bond donors (Lipinski definition) is 1. The van der Waals surface area contributed by atoms with E-state index < -0.39 is 5.82 Å². The Morgan fingerprint density at radius 3 is 3.04 bits per heavy atom. The largest absolute Gasteiger partial charge is 0.490 e. The van der Waals surface area contributed by atoms with Gasteiger partial charge in [0, 0.05) is 24.7 Å². The van der Waals surface area contributed by atoms with E-state index in [0.717, 1.165) is 24.2 Å². The molecule has 0 bridgehead atoms. The molecule has 1 fully saturated rings. The van der Waals surface area contributed by atoms with Crippen LogP contribution in [0.25, 0.3) is 0 Å². The molecule has 5 nitrogen and oxygen atoms in total. The number of nitrogens with zero attached hydrogens (tertiary/aromatic N) is 2. The van der Waals surface area contributed by atoms with Gasteiger partial charge in [-0.2, -0.15) is 5.10 Å². The third-order valence-electron chi connectivity index (χ3n) is 4.23. The molecule has 1 amide bonds. The highest BCUT2D eigenvalue weighted by atomic mass is 19.1. The standard InChI is InChI=1S/C17H20FN3O2/c1-12-10-19-20-17(12)13-6-8-21(11-13)16(22)7-9-23-15-5-3-2-4-14(15)18/h2-5,10,13H,6-9,11H2,1H3,(H,19,20)/t13-/m0/s1. The number of hydrogen-bond acceptors (Lipinski definition) is 3. The van der Waals surface area contributed by atoms with Crippen molar-refractivity contribution in [3.63, 3.8) is 0 Å². The molecule has 0 unspecified atom stereocenters. The highest BCUT2D eigenvalue weighted by Crippen LogP contribution is 2.28. The fourth-order valence-corrected chi connectivity index (χ4v) is 2.96. The van der Waals surface area contributed by atoms with E-state index in [1.807, 2.05) is 18.0 Å². The number of carbonyl (C=O) groups excluding carboxylic acids is 1. The number of halogens is 1. The van der Waals surface area contributed by atoms with E-state index in [-0.39, 0.29) is 24.7 Å². The summed E-state index contributed by atoms with van der Waals surface area (Å²) in [4.78, 5) is 14.1. The summed E-state index contributed by atoms with van der Waals surface area (Å²) in [5, 5.41) is 7.07. The van der Waals surface area contributed by atoms with Crippen LogP contribution in [-0.4, -0.2) is 40.7 Å². The zero-order valence-corrected chi connectivity index (χ0v) is 13.1. The second-order valence-electron chi connectivity index (χ2n) is 5.82. The van der Waals surface area contributed by atoms with Gasteiger partial charge in [-0.05, 0) is 31.0 Å². The Morgan fingerprint density at radius 2 is 2.30 bits per heavy atom. The maximum atomic E-state index is 13.4. The summed E-state index contributed by atoms with van der Waals surface area (Å²) in [6.45, 7) is 3.64. The van der Waals surface area contributed by atoms with Crippen LogP contribution in [0.4, 0.5) is 4.39 Å². The van der Waals surface area contributed by atoms with Crippen molar-refractivity contribution >= 4 is 5.91 Å². The predicted octanol–water partition coefficient (Wildman–Crippen LogP) is 2.64. The predicted molar refractivity (Wildman–Crippen MR) is 83.8 cm³/mol. The highest BCUT2D eigenvalue weighted by molar-refractivity contribution is 5.76.